The Morgan fingerprint density at radius 1 is 1.40 bits per heavy atom. The van der Waals surface area contributed by atoms with E-state index in [4.69, 9.17) is 11.6 Å². The lowest BCUT2D eigenvalue weighted by molar-refractivity contribution is 0.0171. The number of Topliss-reactive ketones (excluding diaryl/α,β-unsaturated/α-hetero) is 1. The van der Waals surface area contributed by atoms with Crippen molar-refractivity contribution in [3.05, 3.63) is 34.9 Å². The van der Waals surface area contributed by atoms with E-state index in [9.17, 15) is 9.90 Å². The summed E-state index contributed by atoms with van der Waals surface area (Å²) in [6, 6.07) is 6.85. The number of aliphatic hydroxyl groups excluding tert-OH is 1. The van der Waals surface area contributed by atoms with E-state index >= 15 is 0 Å². The molecule has 1 N–H and O–H groups in total. The predicted molar refractivity (Wildman–Crippen MR) is 81.3 cm³/mol. The van der Waals surface area contributed by atoms with Crippen molar-refractivity contribution >= 4 is 17.4 Å². The molecule has 3 nitrogen and oxygen atoms in total. The van der Waals surface area contributed by atoms with Gasteiger partial charge in [0.2, 0.25) is 0 Å². The van der Waals surface area contributed by atoms with Crippen LogP contribution in [0.1, 0.15) is 43.0 Å². The molecule has 1 aromatic rings. The van der Waals surface area contributed by atoms with Gasteiger partial charge in [0.15, 0.2) is 5.78 Å². The molecule has 0 heterocycles. The maximum atomic E-state index is 12.5. The fraction of sp³-hybridized carbons (Fsp3) is 0.562. The van der Waals surface area contributed by atoms with Crippen LogP contribution in [-0.2, 0) is 0 Å². The van der Waals surface area contributed by atoms with E-state index < -0.39 is 0 Å². The molecule has 3 atom stereocenters. The van der Waals surface area contributed by atoms with Gasteiger partial charge in [-0.15, -0.1) is 0 Å². The van der Waals surface area contributed by atoms with Crippen molar-refractivity contribution in [3.8, 4) is 0 Å². The van der Waals surface area contributed by atoms with Crippen molar-refractivity contribution < 1.29 is 9.90 Å². The summed E-state index contributed by atoms with van der Waals surface area (Å²) in [6.07, 6.45) is 3.63. The zero-order valence-corrected chi connectivity index (χ0v) is 12.8. The predicted octanol–water partition coefficient (Wildman–Crippen LogP) is 3.15. The number of carbonyl (C=O) groups is 1. The third-order valence-electron chi connectivity index (χ3n) is 4.32. The van der Waals surface area contributed by atoms with Crippen LogP contribution in [0.2, 0.25) is 5.02 Å². The summed E-state index contributed by atoms with van der Waals surface area (Å²) in [7, 11) is 1.92. The van der Waals surface area contributed by atoms with Crippen molar-refractivity contribution in [1.82, 2.24) is 4.90 Å². The second-order valence-electron chi connectivity index (χ2n) is 5.64. The molecule has 0 saturated heterocycles. The summed E-state index contributed by atoms with van der Waals surface area (Å²) in [5.74, 6) is 0.0489. The van der Waals surface area contributed by atoms with Crippen molar-refractivity contribution in [1.29, 1.82) is 0 Å². The zero-order chi connectivity index (χ0) is 14.7. The first-order valence-corrected chi connectivity index (χ1v) is 7.58. The van der Waals surface area contributed by atoms with Gasteiger partial charge >= 0.3 is 0 Å². The lowest BCUT2D eigenvalue weighted by Crippen LogP contribution is -2.49. The monoisotopic (exact) mass is 295 g/mol. The fourth-order valence-corrected chi connectivity index (χ4v) is 3.11. The van der Waals surface area contributed by atoms with Crippen LogP contribution in [0.3, 0.4) is 0 Å². The molecule has 0 bridgehead atoms. The van der Waals surface area contributed by atoms with Crippen LogP contribution in [0, 0.1) is 0 Å². The number of ketones is 1. The lowest BCUT2D eigenvalue weighted by Gasteiger charge is -2.38. The lowest BCUT2D eigenvalue weighted by atomic mass is 9.90. The standard InChI is InChI=1S/C16H22ClNO2/c1-11(16(20)12-6-5-7-13(17)10-12)18(2)14-8-3-4-9-15(14)19/h5-7,10-11,14-15,19H,3-4,8-9H2,1-2H3. The average Bonchev–Trinajstić information content (AvgIpc) is 2.45. The second kappa shape index (κ2) is 6.70. The Morgan fingerprint density at radius 2 is 2.10 bits per heavy atom. The van der Waals surface area contributed by atoms with Gasteiger partial charge in [0.05, 0.1) is 12.1 Å². The molecular weight excluding hydrogens is 274 g/mol. The highest BCUT2D eigenvalue weighted by Gasteiger charge is 2.31. The van der Waals surface area contributed by atoms with Crippen molar-refractivity contribution in [2.45, 2.75) is 50.8 Å². The van der Waals surface area contributed by atoms with Gasteiger partial charge in [-0.3, -0.25) is 9.69 Å². The number of hydrogen-bond acceptors (Lipinski definition) is 3. The number of nitrogens with zero attached hydrogens (tertiary/aromatic N) is 1. The van der Waals surface area contributed by atoms with E-state index in [1.165, 1.54) is 0 Å². The summed E-state index contributed by atoms with van der Waals surface area (Å²) in [6.45, 7) is 1.89. The number of likely N-dealkylation sites (N-methyl/N-ethyl adjacent to an activating group) is 1. The van der Waals surface area contributed by atoms with E-state index in [-0.39, 0.29) is 24.0 Å². The maximum absolute atomic E-state index is 12.5. The fourth-order valence-electron chi connectivity index (χ4n) is 2.92. The van der Waals surface area contributed by atoms with Gasteiger partial charge in [-0.05, 0) is 38.9 Å². The summed E-state index contributed by atoms with van der Waals surface area (Å²) in [5, 5.41) is 10.7. The quantitative estimate of drug-likeness (QED) is 0.868. The molecule has 0 aromatic heterocycles. The first-order valence-electron chi connectivity index (χ1n) is 7.20. The molecule has 1 saturated carbocycles. The van der Waals surface area contributed by atoms with E-state index in [0.717, 1.165) is 25.7 Å². The normalized spacial score (nSPS) is 24.6. The van der Waals surface area contributed by atoms with Gasteiger partial charge < -0.3 is 5.11 Å². The highest BCUT2D eigenvalue weighted by atomic mass is 35.5. The minimum Gasteiger partial charge on any atom is -0.391 e. The molecule has 0 radical (unpaired) electrons. The van der Waals surface area contributed by atoms with Crippen molar-refractivity contribution in [3.63, 3.8) is 0 Å². The Hall–Kier alpha value is -0.900. The van der Waals surface area contributed by atoms with E-state index in [2.05, 4.69) is 0 Å². The minimum atomic E-state index is -0.330. The first-order chi connectivity index (χ1) is 9.50. The highest BCUT2D eigenvalue weighted by Crippen LogP contribution is 2.25. The number of aliphatic hydroxyl groups is 1. The molecule has 110 valence electrons. The van der Waals surface area contributed by atoms with E-state index in [0.29, 0.717) is 10.6 Å². The Kier molecular flexibility index (Phi) is 5.19. The molecule has 3 unspecified atom stereocenters. The SMILES string of the molecule is CC(C(=O)c1cccc(Cl)c1)N(C)C1CCCCC1O. The third kappa shape index (κ3) is 3.40. The second-order valence-corrected chi connectivity index (χ2v) is 6.07. The molecule has 2 rings (SSSR count). The van der Waals surface area contributed by atoms with Gasteiger partial charge in [-0.2, -0.15) is 0 Å². The molecule has 4 heteroatoms. The number of hydrogen-bond donors (Lipinski definition) is 1. The molecule has 1 aromatic carbocycles. The number of rotatable bonds is 4. The molecular formula is C16H22ClNO2. The van der Waals surface area contributed by atoms with Crippen molar-refractivity contribution in [2.24, 2.45) is 0 Å². The van der Waals surface area contributed by atoms with Crippen molar-refractivity contribution in [2.75, 3.05) is 7.05 Å². The van der Waals surface area contributed by atoms with E-state index in [1.54, 1.807) is 24.3 Å². The molecule has 1 fully saturated rings. The van der Waals surface area contributed by atoms with Gasteiger partial charge in [-0.1, -0.05) is 36.6 Å². The van der Waals surface area contributed by atoms with Crippen LogP contribution in [0.25, 0.3) is 0 Å². The molecule has 1 aliphatic carbocycles. The van der Waals surface area contributed by atoms with Gasteiger partial charge in [0.1, 0.15) is 0 Å². The minimum absolute atomic E-state index is 0.0489. The third-order valence-corrected chi connectivity index (χ3v) is 4.55. The summed E-state index contributed by atoms with van der Waals surface area (Å²) in [5.41, 5.74) is 0.627. The molecule has 0 spiro atoms. The Labute approximate surface area is 125 Å². The maximum Gasteiger partial charge on any atom is 0.179 e. The average molecular weight is 296 g/mol. The van der Waals surface area contributed by atoms with Gasteiger partial charge in [0, 0.05) is 16.6 Å². The molecule has 0 amide bonds. The Bertz CT molecular complexity index is 477. The first kappa shape index (κ1) is 15.5. The zero-order valence-electron chi connectivity index (χ0n) is 12.1. The van der Waals surface area contributed by atoms with Crippen LogP contribution < -0.4 is 0 Å². The van der Waals surface area contributed by atoms with Crippen LogP contribution in [0.15, 0.2) is 24.3 Å². The van der Waals surface area contributed by atoms with Crippen LogP contribution in [0.4, 0.5) is 0 Å². The summed E-state index contributed by atoms with van der Waals surface area (Å²) < 4.78 is 0. The molecule has 20 heavy (non-hydrogen) atoms. The Balaban J connectivity index is 2.09. The summed E-state index contributed by atoms with van der Waals surface area (Å²) >= 11 is 5.94. The van der Waals surface area contributed by atoms with Crippen LogP contribution in [0.5, 0.6) is 0 Å². The topological polar surface area (TPSA) is 40.5 Å². The van der Waals surface area contributed by atoms with Gasteiger partial charge in [0.25, 0.3) is 0 Å². The number of benzene rings is 1. The van der Waals surface area contributed by atoms with Gasteiger partial charge in [-0.25, -0.2) is 0 Å². The number of halogens is 1. The Morgan fingerprint density at radius 3 is 2.75 bits per heavy atom. The van der Waals surface area contributed by atoms with Crippen LogP contribution >= 0.6 is 11.6 Å². The largest absolute Gasteiger partial charge is 0.391 e. The molecule has 0 aliphatic heterocycles. The molecule has 1 aliphatic rings. The van der Waals surface area contributed by atoms with E-state index in [1.807, 2.05) is 18.9 Å². The highest BCUT2D eigenvalue weighted by molar-refractivity contribution is 6.31. The van der Waals surface area contributed by atoms with Crippen LogP contribution in [-0.4, -0.2) is 41.0 Å². The number of carbonyl (C=O) groups excluding carboxylic acids is 1. The smallest absolute Gasteiger partial charge is 0.179 e. The summed E-state index contributed by atoms with van der Waals surface area (Å²) in [4.78, 5) is 14.5.